The number of carbonyl (C=O) groups is 1. The van der Waals surface area contributed by atoms with Crippen LogP contribution in [0.15, 0.2) is 54.9 Å². The molecule has 210 valence electrons. The number of pyridine rings is 1. The third-order valence-electron chi connectivity index (χ3n) is 5.56. The minimum atomic E-state index is -0.942. The van der Waals surface area contributed by atoms with E-state index < -0.39 is 5.97 Å². The minimum absolute atomic E-state index is 0. The molecule has 0 spiro atoms. The van der Waals surface area contributed by atoms with Crippen LogP contribution in [-0.4, -0.2) is 49.0 Å². The fourth-order valence-corrected chi connectivity index (χ4v) is 3.97. The quantitative estimate of drug-likeness (QED) is 0.308. The molecular formula is C30H37ClN2O6. The van der Waals surface area contributed by atoms with Gasteiger partial charge in [-0.1, -0.05) is 6.07 Å². The second kappa shape index (κ2) is 16.1. The van der Waals surface area contributed by atoms with Crippen LogP contribution in [0.2, 0.25) is 0 Å². The zero-order valence-electron chi connectivity index (χ0n) is 22.9. The molecule has 2 heterocycles. The summed E-state index contributed by atoms with van der Waals surface area (Å²) in [5, 5.41) is 11.9. The van der Waals surface area contributed by atoms with Crippen molar-refractivity contribution in [3.63, 3.8) is 0 Å². The number of carboxylic acids is 1. The summed E-state index contributed by atoms with van der Waals surface area (Å²) in [6.45, 7) is 11.2. The standard InChI is InChI=1S/C24H31NO4.C6H5NO2.ClH/c1-5-26-21-10-9-17(14-22(21)27-6-2)13-20-19-16-24(29-8-4)23(28-7-3)15-18(19)11-12-25-20;8-6(9)5-2-1-3-7-4-5;/h9-10,13-16,25H,5-8,11-12H2,1-4H3;1-4H,(H,8,9);1H/b20-13+;;. The lowest BCUT2D eigenvalue weighted by atomic mass is 9.96. The van der Waals surface area contributed by atoms with E-state index >= 15 is 0 Å². The fraction of sp³-hybridized carbons (Fsp3) is 0.333. The number of carboxylic acid groups (broad SMARTS) is 1. The molecule has 9 heteroatoms. The van der Waals surface area contributed by atoms with Crippen molar-refractivity contribution in [3.8, 4) is 23.0 Å². The van der Waals surface area contributed by atoms with Crippen LogP contribution in [0.25, 0.3) is 11.8 Å². The first-order valence-electron chi connectivity index (χ1n) is 12.9. The van der Waals surface area contributed by atoms with Crippen molar-refractivity contribution in [3.05, 3.63) is 77.1 Å². The van der Waals surface area contributed by atoms with Crippen molar-refractivity contribution in [2.24, 2.45) is 0 Å². The van der Waals surface area contributed by atoms with Gasteiger partial charge in [-0.05, 0) is 87.7 Å². The molecule has 0 bridgehead atoms. The largest absolute Gasteiger partial charge is 0.490 e. The lowest BCUT2D eigenvalue weighted by molar-refractivity contribution is 0.0696. The second-order valence-corrected chi connectivity index (χ2v) is 8.18. The number of ether oxygens (including phenoxy) is 4. The van der Waals surface area contributed by atoms with Crippen LogP contribution in [-0.2, 0) is 6.42 Å². The number of hydrogen-bond acceptors (Lipinski definition) is 7. The molecular weight excluding hydrogens is 520 g/mol. The van der Waals surface area contributed by atoms with Crippen molar-refractivity contribution in [2.75, 3.05) is 33.0 Å². The predicted molar refractivity (Wildman–Crippen MR) is 156 cm³/mol. The number of aromatic carboxylic acids is 1. The first-order chi connectivity index (χ1) is 18.5. The van der Waals surface area contributed by atoms with Crippen molar-refractivity contribution < 1.29 is 28.8 Å². The number of nitrogens with zero attached hydrogens (tertiary/aromatic N) is 1. The summed E-state index contributed by atoms with van der Waals surface area (Å²) >= 11 is 0. The molecule has 1 aromatic heterocycles. The summed E-state index contributed by atoms with van der Waals surface area (Å²) in [5.74, 6) is 2.19. The van der Waals surface area contributed by atoms with Crippen LogP contribution in [0.4, 0.5) is 0 Å². The van der Waals surface area contributed by atoms with Crippen molar-refractivity contribution in [2.45, 2.75) is 34.1 Å². The SMILES string of the molecule is CCOc1ccc(/C=C2/NCCc3cc(OCC)c(OCC)cc32)cc1OCC.Cl.O=C(O)c1cccnc1. The van der Waals surface area contributed by atoms with Gasteiger partial charge >= 0.3 is 5.97 Å². The Morgan fingerprint density at radius 2 is 1.51 bits per heavy atom. The van der Waals surface area contributed by atoms with Gasteiger partial charge in [0.2, 0.25) is 0 Å². The number of aromatic nitrogens is 1. The monoisotopic (exact) mass is 556 g/mol. The zero-order valence-corrected chi connectivity index (χ0v) is 23.7. The molecule has 8 nitrogen and oxygen atoms in total. The Hall–Kier alpha value is -3.91. The van der Waals surface area contributed by atoms with Crippen LogP contribution in [0, 0.1) is 0 Å². The highest BCUT2D eigenvalue weighted by molar-refractivity contribution is 5.87. The Balaban J connectivity index is 0.000000453. The molecule has 39 heavy (non-hydrogen) atoms. The summed E-state index contributed by atoms with van der Waals surface area (Å²) in [6.07, 6.45) is 5.94. The van der Waals surface area contributed by atoms with E-state index in [-0.39, 0.29) is 18.0 Å². The molecule has 3 aromatic rings. The Morgan fingerprint density at radius 1 is 0.897 bits per heavy atom. The van der Waals surface area contributed by atoms with Gasteiger partial charge in [-0.3, -0.25) is 4.98 Å². The van der Waals surface area contributed by atoms with E-state index in [1.165, 1.54) is 24.0 Å². The summed E-state index contributed by atoms with van der Waals surface area (Å²) < 4.78 is 23.1. The molecule has 0 fully saturated rings. The fourth-order valence-electron chi connectivity index (χ4n) is 3.97. The maximum atomic E-state index is 10.2. The first kappa shape index (κ1) is 31.3. The number of hydrogen-bond donors (Lipinski definition) is 2. The molecule has 0 amide bonds. The maximum Gasteiger partial charge on any atom is 0.337 e. The lowest BCUT2D eigenvalue weighted by Crippen LogP contribution is -2.22. The van der Waals surface area contributed by atoms with Crippen LogP contribution in [0.3, 0.4) is 0 Å². The molecule has 0 aliphatic carbocycles. The maximum absolute atomic E-state index is 10.2. The molecule has 1 aliphatic heterocycles. The van der Waals surface area contributed by atoms with E-state index in [4.69, 9.17) is 24.1 Å². The van der Waals surface area contributed by atoms with E-state index in [1.54, 1.807) is 6.07 Å². The summed E-state index contributed by atoms with van der Waals surface area (Å²) in [5.41, 5.74) is 4.76. The second-order valence-electron chi connectivity index (χ2n) is 8.18. The van der Waals surface area contributed by atoms with Crippen LogP contribution < -0.4 is 24.3 Å². The third-order valence-corrected chi connectivity index (χ3v) is 5.56. The third kappa shape index (κ3) is 8.82. The Bertz CT molecular complexity index is 1230. The summed E-state index contributed by atoms with van der Waals surface area (Å²) in [4.78, 5) is 13.8. The number of fused-ring (bicyclic) bond motifs is 1. The average molecular weight is 557 g/mol. The molecule has 0 atom stereocenters. The van der Waals surface area contributed by atoms with Crippen molar-refractivity contribution in [1.82, 2.24) is 10.3 Å². The number of rotatable bonds is 10. The molecule has 1 aliphatic rings. The predicted octanol–water partition coefficient (Wildman–Crippen LogP) is 6.13. The topological polar surface area (TPSA) is 99.1 Å². The van der Waals surface area contributed by atoms with Gasteiger partial charge in [0.15, 0.2) is 23.0 Å². The van der Waals surface area contributed by atoms with Crippen molar-refractivity contribution in [1.29, 1.82) is 0 Å². The highest BCUT2D eigenvalue weighted by atomic mass is 35.5. The van der Waals surface area contributed by atoms with Gasteiger partial charge in [0.1, 0.15) is 0 Å². The molecule has 0 saturated carbocycles. The van der Waals surface area contributed by atoms with Gasteiger partial charge in [-0.15, -0.1) is 12.4 Å². The smallest absolute Gasteiger partial charge is 0.337 e. The Morgan fingerprint density at radius 3 is 2.08 bits per heavy atom. The summed E-state index contributed by atoms with van der Waals surface area (Å²) in [6, 6.07) is 13.3. The molecule has 0 radical (unpaired) electrons. The highest BCUT2D eigenvalue weighted by Crippen LogP contribution is 2.36. The Kier molecular flexibility index (Phi) is 13.0. The Labute approximate surface area is 236 Å². The molecule has 2 aromatic carbocycles. The number of halogens is 1. The molecule has 0 saturated heterocycles. The van der Waals surface area contributed by atoms with Gasteiger partial charge in [0, 0.05) is 30.2 Å². The van der Waals surface area contributed by atoms with E-state index in [2.05, 4.69) is 34.6 Å². The zero-order chi connectivity index (χ0) is 27.3. The molecule has 2 N–H and O–H groups in total. The van der Waals surface area contributed by atoms with Crippen LogP contribution in [0.1, 0.15) is 54.7 Å². The average Bonchev–Trinajstić information content (AvgIpc) is 2.92. The van der Waals surface area contributed by atoms with Crippen molar-refractivity contribution >= 4 is 30.1 Å². The van der Waals surface area contributed by atoms with E-state index in [0.29, 0.717) is 26.4 Å². The van der Waals surface area contributed by atoms with Gasteiger partial charge in [0.25, 0.3) is 0 Å². The van der Waals surface area contributed by atoms with E-state index in [9.17, 15) is 4.79 Å². The number of nitrogens with one attached hydrogen (secondary N) is 1. The van der Waals surface area contributed by atoms with Gasteiger partial charge in [-0.2, -0.15) is 0 Å². The van der Waals surface area contributed by atoms with E-state index in [1.807, 2.05) is 39.8 Å². The molecule has 0 unspecified atom stereocenters. The minimum Gasteiger partial charge on any atom is -0.490 e. The lowest BCUT2D eigenvalue weighted by Gasteiger charge is -2.24. The first-order valence-corrected chi connectivity index (χ1v) is 12.9. The van der Waals surface area contributed by atoms with Crippen LogP contribution >= 0.6 is 12.4 Å². The number of benzene rings is 2. The molecule has 4 rings (SSSR count). The normalized spacial score (nSPS) is 12.6. The van der Waals surface area contributed by atoms with Gasteiger partial charge < -0.3 is 29.4 Å². The summed E-state index contributed by atoms with van der Waals surface area (Å²) in [7, 11) is 0. The van der Waals surface area contributed by atoms with E-state index in [0.717, 1.165) is 52.8 Å². The van der Waals surface area contributed by atoms with Crippen LogP contribution in [0.5, 0.6) is 23.0 Å². The highest BCUT2D eigenvalue weighted by Gasteiger charge is 2.19. The van der Waals surface area contributed by atoms with Gasteiger partial charge in [-0.25, -0.2) is 4.79 Å². The van der Waals surface area contributed by atoms with Gasteiger partial charge in [0.05, 0.1) is 32.0 Å².